The van der Waals surface area contributed by atoms with Crippen molar-refractivity contribution in [1.29, 1.82) is 0 Å². The molecule has 1 atom stereocenters. The van der Waals surface area contributed by atoms with Gasteiger partial charge in [-0.3, -0.25) is 10.1 Å². The highest BCUT2D eigenvalue weighted by atomic mass is 35.5. The minimum Gasteiger partial charge on any atom is -0.390 e. The lowest BCUT2D eigenvalue weighted by Crippen LogP contribution is -2.21. The van der Waals surface area contributed by atoms with Crippen LogP contribution in [0, 0.1) is 10.1 Å². The molecular formula is C13H13ClN2O3S. The molecule has 0 saturated heterocycles. The van der Waals surface area contributed by atoms with Crippen molar-refractivity contribution in [2.45, 2.75) is 6.10 Å². The van der Waals surface area contributed by atoms with E-state index in [2.05, 4.69) is 5.32 Å². The van der Waals surface area contributed by atoms with Crippen LogP contribution in [0.2, 0.25) is 0 Å². The van der Waals surface area contributed by atoms with E-state index in [-0.39, 0.29) is 18.1 Å². The first-order valence-corrected chi connectivity index (χ1v) is 7.33. The molecular weight excluding hydrogens is 300 g/mol. The van der Waals surface area contributed by atoms with Crippen molar-refractivity contribution in [3.05, 3.63) is 45.8 Å². The molecule has 0 bridgehead atoms. The third kappa shape index (κ3) is 3.47. The minimum absolute atomic E-state index is 0.0212. The lowest BCUT2D eigenvalue weighted by Gasteiger charge is -2.11. The van der Waals surface area contributed by atoms with Crippen LogP contribution in [0.5, 0.6) is 0 Å². The summed E-state index contributed by atoms with van der Waals surface area (Å²) in [6.45, 7) is 0.165. The van der Waals surface area contributed by atoms with E-state index in [4.69, 9.17) is 11.6 Å². The predicted octanol–water partition coefficient (Wildman–Crippen LogP) is 3.33. The first-order valence-electron chi connectivity index (χ1n) is 5.92. The number of nitrogens with one attached hydrogen (secondary N) is 1. The molecule has 1 unspecified atom stereocenters. The highest BCUT2D eigenvalue weighted by molar-refractivity contribution is 7.13. The molecule has 0 fully saturated rings. The molecule has 2 aromatic rings. The predicted molar refractivity (Wildman–Crippen MR) is 81.6 cm³/mol. The molecule has 2 rings (SSSR count). The van der Waals surface area contributed by atoms with Gasteiger partial charge >= 0.3 is 0 Å². The Morgan fingerprint density at radius 3 is 2.85 bits per heavy atom. The van der Waals surface area contributed by atoms with Crippen LogP contribution in [0.4, 0.5) is 11.4 Å². The second-order valence-electron chi connectivity index (χ2n) is 4.16. The SMILES string of the molecule is O=[N+]([O-])c1ccc(-c2cccs2)cc1NCC(O)CCl. The summed E-state index contributed by atoms with van der Waals surface area (Å²) in [6.07, 6.45) is -0.748. The topological polar surface area (TPSA) is 75.4 Å². The molecule has 0 aliphatic heterocycles. The quantitative estimate of drug-likeness (QED) is 0.487. The Morgan fingerprint density at radius 1 is 1.45 bits per heavy atom. The average Bonchev–Trinajstić information content (AvgIpc) is 2.98. The Balaban J connectivity index is 2.30. The van der Waals surface area contributed by atoms with E-state index >= 15 is 0 Å². The van der Waals surface area contributed by atoms with Gasteiger partial charge in [0.05, 0.1) is 16.9 Å². The van der Waals surface area contributed by atoms with E-state index in [1.165, 1.54) is 6.07 Å². The van der Waals surface area contributed by atoms with Crippen LogP contribution >= 0.6 is 22.9 Å². The molecule has 1 aromatic carbocycles. The monoisotopic (exact) mass is 312 g/mol. The number of thiophene rings is 1. The van der Waals surface area contributed by atoms with Crippen molar-refractivity contribution < 1.29 is 10.0 Å². The minimum atomic E-state index is -0.748. The maximum atomic E-state index is 11.0. The number of benzene rings is 1. The zero-order valence-electron chi connectivity index (χ0n) is 10.5. The normalized spacial score (nSPS) is 12.1. The van der Waals surface area contributed by atoms with Gasteiger partial charge in [-0.25, -0.2) is 0 Å². The van der Waals surface area contributed by atoms with Crippen LogP contribution < -0.4 is 5.32 Å². The van der Waals surface area contributed by atoms with Crippen LogP contribution in [0.3, 0.4) is 0 Å². The number of anilines is 1. The van der Waals surface area contributed by atoms with E-state index in [1.54, 1.807) is 23.5 Å². The fourth-order valence-corrected chi connectivity index (χ4v) is 2.55. The van der Waals surface area contributed by atoms with Gasteiger partial charge < -0.3 is 10.4 Å². The van der Waals surface area contributed by atoms with Crippen molar-refractivity contribution in [2.75, 3.05) is 17.7 Å². The second kappa shape index (κ2) is 6.69. The lowest BCUT2D eigenvalue weighted by atomic mass is 10.1. The fourth-order valence-electron chi connectivity index (χ4n) is 1.72. The molecule has 0 saturated carbocycles. The van der Waals surface area contributed by atoms with Crippen molar-refractivity contribution in [3.8, 4) is 10.4 Å². The van der Waals surface area contributed by atoms with Gasteiger partial charge in [0.2, 0.25) is 0 Å². The van der Waals surface area contributed by atoms with Gasteiger partial charge in [0.15, 0.2) is 0 Å². The largest absolute Gasteiger partial charge is 0.390 e. The molecule has 0 spiro atoms. The Morgan fingerprint density at radius 2 is 2.25 bits per heavy atom. The van der Waals surface area contributed by atoms with Crippen molar-refractivity contribution in [1.82, 2.24) is 0 Å². The molecule has 1 heterocycles. The van der Waals surface area contributed by atoms with Gasteiger partial charge in [-0.1, -0.05) is 6.07 Å². The van der Waals surface area contributed by atoms with Crippen LogP contribution in [0.25, 0.3) is 10.4 Å². The molecule has 0 radical (unpaired) electrons. The number of nitro groups is 1. The first kappa shape index (κ1) is 14.8. The highest BCUT2D eigenvalue weighted by Crippen LogP contribution is 2.32. The van der Waals surface area contributed by atoms with E-state index in [1.807, 2.05) is 17.5 Å². The zero-order valence-corrected chi connectivity index (χ0v) is 12.0. The number of alkyl halides is 1. The van der Waals surface area contributed by atoms with Gasteiger partial charge in [0.1, 0.15) is 5.69 Å². The summed E-state index contributed by atoms with van der Waals surface area (Å²) in [4.78, 5) is 11.6. The van der Waals surface area contributed by atoms with Crippen LogP contribution in [0.15, 0.2) is 35.7 Å². The van der Waals surface area contributed by atoms with Crippen molar-refractivity contribution in [3.63, 3.8) is 0 Å². The van der Waals surface area contributed by atoms with Crippen molar-refractivity contribution in [2.24, 2.45) is 0 Å². The van der Waals surface area contributed by atoms with Crippen LogP contribution in [-0.4, -0.2) is 28.6 Å². The average molecular weight is 313 g/mol. The summed E-state index contributed by atoms with van der Waals surface area (Å²) in [7, 11) is 0. The number of aliphatic hydroxyl groups is 1. The number of nitro benzene ring substituents is 1. The maximum Gasteiger partial charge on any atom is 0.292 e. The van der Waals surface area contributed by atoms with Gasteiger partial charge in [-0.15, -0.1) is 22.9 Å². The number of aliphatic hydroxyl groups excluding tert-OH is 1. The third-order valence-electron chi connectivity index (χ3n) is 2.71. The molecule has 2 N–H and O–H groups in total. The molecule has 5 nitrogen and oxygen atoms in total. The van der Waals surface area contributed by atoms with E-state index < -0.39 is 11.0 Å². The molecule has 20 heavy (non-hydrogen) atoms. The second-order valence-corrected chi connectivity index (χ2v) is 5.41. The number of rotatable bonds is 6. The lowest BCUT2D eigenvalue weighted by molar-refractivity contribution is -0.383. The Labute approximate surface area is 125 Å². The van der Waals surface area contributed by atoms with Crippen molar-refractivity contribution >= 4 is 34.3 Å². The smallest absolute Gasteiger partial charge is 0.292 e. The number of hydrogen-bond acceptors (Lipinski definition) is 5. The Bertz CT molecular complexity index is 589. The van der Waals surface area contributed by atoms with E-state index in [0.29, 0.717) is 5.69 Å². The molecule has 0 aliphatic rings. The molecule has 0 amide bonds. The fraction of sp³-hybridized carbons (Fsp3) is 0.231. The van der Waals surface area contributed by atoms with E-state index in [9.17, 15) is 15.2 Å². The summed E-state index contributed by atoms with van der Waals surface area (Å²) >= 11 is 7.07. The van der Waals surface area contributed by atoms with Crippen LogP contribution in [0.1, 0.15) is 0 Å². The van der Waals surface area contributed by atoms with Gasteiger partial charge in [0, 0.05) is 17.5 Å². The number of halogens is 1. The Hall–Kier alpha value is -1.63. The standard InChI is InChI=1S/C13H13ClN2O3S/c14-7-10(17)8-15-11-6-9(13-2-1-5-20-13)3-4-12(11)16(18)19/h1-6,10,15,17H,7-8H2. The molecule has 7 heteroatoms. The van der Waals surface area contributed by atoms with Gasteiger partial charge in [-0.05, 0) is 29.1 Å². The van der Waals surface area contributed by atoms with Crippen LogP contribution in [-0.2, 0) is 0 Å². The van der Waals surface area contributed by atoms with Gasteiger partial charge in [0.25, 0.3) is 5.69 Å². The van der Waals surface area contributed by atoms with E-state index in [0.717, 1.165) is 10.4 Å². The highest BCUT2D eigenvalue weighted by Gasteiger charge is 2.15. The summed E-state index contributed by atoms with van der Waals surface area (Å²) in [6, 6.07) is 8.76. The molecule has 106 valence electrons. The van der Waals surface area contributed by atoms with Gasteiger partial charge in [-0.2, -0.15) is 0 Å². The zero-order chi connectivity index (χ0) is 14.5. The first-order chi connectivity index (χ1) is 9.61. The summed E-state index contributed by atoms with van der Waals surface area (Å²) in [5, 5.41) is 25.3. The molecule has 1 aromatic heterocycles. The number of hydrogen-bond donors (Lipinski definition) is 2. The summed E-state index contributed by atoms with van der Waals surface area (Å²) in [5.74, 6) is 0.0748. The third-order valence-corrected chi connectivity index (χ3v) is 3.98. The summed E-state index contributed by atoms with van der Waals surface area (Å²) < 4.78 is 0. The summed E-state index contributed by atoms with van der Waals surface area (Å²) in [5.41, 5.74) is 1.26. The number of nitrogens with zero attached hydrogens (tertiary/aromatic N) is 1. The Kier molecular flexibility index (Phi) is 4.94. The maximum absolute atomic E-state index is 11.0. The molecule has 0 aliphatic carbocycles.